The molecule has 0 amide bonds. The fourth-order valence-electron chi connectivity index (χ4n) is 3.98. The highest BCUT2D eigenvalue weighted by Gasteiger charge is 2.53. The fraction of sp³-hybridized carbons (Fsp3) is 0.480. The summed E-state index contributed by atoms with van der Waals surface area (Å²) >= 11 is 0. The van der Waals surface area contributed by atoms with Gasteiger partial charge in [0.15, 0.2) is 5.82 Å². The van der Waals surface area contributed by atoms with Crippen LogP contribution >= 0.6 is 7.75 Å². The van der Waals surface area contributed by atoms with Gasteiger partial charge in [-0.2, -0.15) is 5.10 Å². The number of nitrogens with one attached hydrogen (secondary N) is 1. The van der Waals surface area contributed by atoms with Crippen LogP contribution in [0.3, 0.4) is 0 Å². The van der Waals surface area contributed by atoms with E-state index in [9.17, 15) is 19.6 Å². The Bertz CT molecular complexity index is 1350. The molecule has 5 N–H and O–H groups in total. The van der Waals surface area contributed by atoms with Crippen LogP contribution in [0.4, 0.5) is 5.82 Å². The number of nitrogen functional groups attached to an aromatic ring is 1. The summed E-state index contributed by atoms with van der Waals surface area (Å²) in [6.45, 7) is 6.17. The number of nitrogens with two attached hydrogens (primary N) is 1. The summed E-state index contributed by atoms with van der Waals surface area (Å²) in [5, 5.41) is 28.6. The largest absolute Gasteiger partial charge is 0.464 e. The zero-order chi connectivity index (χ0) is 28.4. The molecule has 0 unspecified atom stereocenters. The molecule has 4 rings (SSSR count). The Morgan fingerprint density at radius 3 is 2.64 bits per heavy atom. The minimum Gasteiger partial charge on any atom is -0.464 e. The molecular weight excluding hydrogens is 529 g/mol. The third-order valence-corrected chi connectivity index (χ3v) is 7.73. The number of carbonyl (C=O) groups is 1. The van der Waals surface area contributed by atoms with E-state index in [0.29, 0.717) is 11.2 Å². The number of hydrogen-bond acceptors (Lipinski definition) is 11. The highest BCUT2D eigenvalue weighted by Crippen LogP contribution is 2.48. The lowest BCUT2D eigenvalue weighted by atomic mass is 9.97. The number of para-hydroxylation sites is 1. The van der Waals surface area contributed by atoms with Crippen molar-refractivity contribution in [2.24, 2.45) is 5.41 Å². The van der Waals surface area contributed by atoms with Crippen LogP contribution in [0.25, 0.3) is 5.52 Å². The highest BCUT2D eigenvalue weighted by molar-refractivity contribution is 7.52. The third-order valence-electron chi connectivity index (χ3n) is 6.20. The molecule has 0 bridgehead atoms. The average molecular weight is 564 g/mol. The van der Waals surface area contributed by atoms with Crippen molar-refractivity contribution in [3.8, 4) is 5.75 Å². The number of ether oxygens (including phenoxy) is 2. The van der Waals surface area contributed by atoms with Crippen LogP contribution in [-0.4, -0.2) is 68.3 Å². The Morgan fingerprint density at radius 2 is 1.95 bits per heavy atom. The SMILES string of the molecule is CC(C)(C)C(=O)OCCN[P@@](=O)(OC[C@@]1(C)O[C@@H](c2ccc3c(N)ncnn23)[C@H](O)[C@@H]1O)Oc1ccccc1. The second-order valence-electron chi connectivity index (χ2n) is 10.5. The first-order valence-corrected chi connectivity index (χ1v) is 13.9. The summed E-state index contributed by atoms with van der Waals surface area (Å²) in [7, 11) is -4.07. The molecule has 39 heavy (non-hydrogen) atoms. The van der Waals surface area contributed by atoms with Gasteiger partial charge in [-0.25, -0.2) is 19.2 Å². The first-order valence-electron chi connectivity index (χ1n) is 12.4. The molecule has 3 aromatic rings. The van der Waals surface area contributed by atoms with Crippen LogP contribution in [0, 0.1) is 5.41 Å². The van der Waals surface area contributed by atoms with E-state index in [0.717, 1.165) is 0 Å². The first-order chi connectivity index (χ1) is 18.3. The number of esters is 1. The van der Waals surface area contributed by atoms with Gasteiger partial charge in [0, 0.05) is 6.54 Å². The lowest BCUT2D eigenvalue weighted by molar-refractivity contribution is -0.152. The van der Waals surface area contributed by atoms with Crippen molar-refractivity contribution in [3.63, 3.8) is 0 Å². The van der Waals surface area contributed by atoms with Gasteiger partial charge in [0.2, 0.25) is 0 Å². The minimum absolute atomic E-state index is 0.0332. The van der Waals surface area contributed by atoms with Crippen LogP contribution < -0.4 is 15.3 Å². The van der Waals surface area contributed by atoms with E-state index in [1.54, 1.807) is 63.2 Å². The van der Waals surface area contributed by atoms with Crippen molar-refractivity contribution in [2.75, 3.05) is 25.5 Å². The molecule has 1 aromatic carbocycles. The number of benzene rings is 1. The predicted molar refractivity (Wildman–Crippen MR) is 141 cm³/mol. The number of rotatable bonds is 10. The van der Waals surface area contributed by atoms with Crippen LogP contribution in [0.2, 0.25) is 0 Å². The van der Waals surface area contributed by atoms with Crippen LogP contribution in [0.5, 0.6) is 5.75 Å². The standard InChI is InChI=1S/C25H34N5O8P/c1-24(2,3)23(33)35-13-12-29-39(34,38-16-8-6-5-7-9-16)36-14-25(4)21(32)19(31)20(37-25)17-10-11-18-22(26)27-15-28-30(17)18/h5-11,15,19-21,31-32H,12-14H2,1-4H3,(H,29,34)(H2,26,27,28)/t19-,20-,21-,25+,39+/m0/s1. The molecule has 212 valence electrons. The molecule has 2 aromatic heterocycles. The average Bonchev–Trinajstić information content (AvgIpc) is 3.41. The van der Waals surface area contributed by atoms with Gasteiger partial charge in [0.05, 0.1) is 17.7 Å². The molecule has 1 saturated heterocycles. The minimum atomic E-state index is -4.07. The molecule has 13 nitrogen and oxygen atoms in total. The quantitative estimate of drug-likeness (QED) is 0.161. The lowest BCUT2D eigenvalue weighted by Gasteiger charge is -2.29. The van der Waals surface area contributed by atoms with Gasteiger partial charge < -0.3 is 29.9 Å². The lowest BCUT2D eigenvalue weighted by Crippen LogP contribution is -2.44. The Kier molecular flexibility index (Phi) is 8.31. The molecule has 0 saturated carbocycles. The molecule has 1 fully saturated rings. The molecule has 0 aliphatic carbocycles. The number of nitrogens with zero attached hydrogens (tertiary/aromatic N) is 3. The number of fused-ring (bicyclic) bond motifs is 1. The molecule has 1 aliphatic heterocycles. The summed E-state index contributed by atoms with van der Waals surface area (Å²) in [6.07, 6.45) is -2.49. The number of aliphatic hydroxyl groups excluding tert-OH is 2. The molecule has 0 spiro atoms. The summed E-state index contributed by atoms with van der Waals surface area (Å²) in [4.78, 5) is 16.0. The normalized spacial score (nSPS) is 24.9. The molecule has 1 aliphatic rings. The maximum Gasteiger partial charge on any atom is 0.458 e. The molecule has 14 heteroatoms. The van der Waals surface area contributed by atoms with Crippen molar-refractivity contribution >= 4 is 25.1 Å². The maximum absolute atomic E-state index is 13.7. The Labute approximate surface area is 225 Å². The van der Waals surface area contributed by atoms with Gasteiger partial charge in [-0.3, -0.25) is 9.32 Å². The Hall–Kier alpha value is -3.06. The van der Waals surface area contributed by atoms with Crippen molar-refractivity contribution in [1.82, 2.24) is 19.7 Å². The molecule has 0 radical (unpaired) electrons. The van der Waals surface area contributed by atoms with Crippen molar-refractivity contribution in [1.29, 1.82) is 0 Å². The van der Waals surface area contributed by atoms with Crippen LogP contribution in [0.15, 0.2) is 48.8 Å². The highest BCUT2D eigenvalue weighted by atomic mass is 31.2. The van der Waals surface area contributed by atoms with Gasteiger partial charge in [0.25, 0.3) is 0 Å². The van der Waals surface area contributed by atoms with Crippen LogP contribution in [0.1, 0.15) is 39.5 Å². The summed E-state index contributed by atoms with van der Waals surface area (Å²) in [5.41, 5.74) is 4.69. The van der Waals surface area contributed by atoms with E-state index in [1.807, 2.05) is 0 Å². The maximum atomic E-state index is 13.7. The van der Waals surface area contributed by atoms with Crippen molar-refractivity contribution < 1.29 is 38.1 Å². The van der Waals surface area contributed by atoms with E-state index in [-0.39, 0.29) is 24.7 Å². The number of carbonyl (C=O) groups excluding carboxylic acids is 1. The van der Waals surface area contributed by atoms with Crippen molar-refractivity contribution in [3.05, 3.63) is 54.5 Å². The zero-order valence-corrected chi connectivity index (χ0v) is 23.1. The van der Waals surface area contributed by atoms with Gasteiger partial charge in [-0.1, -0.05) is 18.2 Å². The second-order valence-corrected chi connectivity index (χ2v) is 12.2. The second kappa shape index (κ2) is 11.2. The Balaban J connectivity index is 1.48. The van der Waals surface area contributed by atoms with Gasteiger partial charge in [-0.15, -0.1) is 0 Å². The van der Waals surface area contributed by atoms with Crippen LogP contribution in [-0.2, 0) is 23.4 Å². The van der Waals surface area contributed by atoms with E-state index >= 15 is 0 Å². The first kappa shape index (κ1) is 28.9. The third kappa shape index (κ3) is 6.40. The van der Waals surface area contributed by atoms with E-state index in [1.165, 1.54) is 17.8 Å². The summed E-state index contributed by atoms with van der Waals surface area (Å²) in [6, 6.07) is 11.7. The topological polar surface area (TPSA) is 180 Å². The predicted octanol–water partition coefficient (Wildman–Crippen LogP) is 2.25. The number of hydrogen-bond donors (Lipinski definition) is 4. The molecule has 3 heterocycles. The number of aromatic nitrogens is 3. The van der Waals surface area contributed by atoms with E-state index in [2.05, 4.69) is 15.2 Å². The zero-order valence-electron chi connectivity index (χ0n) is 22.2. The number of aliphatic hydroxyl groups is 2. The van der Waals surface area contributed by atoms with Gasteiger partial charge >= 0.3 is 13.7 Å². The molecule has 5 atom stereocenters. The smallest absolute Gasteiger partial charge is 0.458 e. The van der Waals surface area contributed by atoms with Gasteiger partial charge in [-0.05, 0) is 52.0 Å². The summed E-state index contributed by atoms with van der Waals surface area (Å²) in [5.74, 6) is 0.102. The summed E-state index contributed by atoms with van der Waals surface area (Å²) < 4.78 is 37.9. The van der Waals surface area contributed by atoms with E-state index in [4.69, 9.17) is 24.3 Å². The fourth-order valence-corrected chi connectivity index (χ4v) is 5.38. The molecular formula is C25H34N5O8P. The monoisotopic (exact) mass is 563 g/mol. The number of anilines is 1. The van der Waals surface area contributed by atoms with Crippen molar-refractivity contribution in [2.45, 2.75) is 51.6 Å². The van der Waals surface area contributed by atoms with Gasteiger partial charge in [0.1, 0.15) is 48.1 Å². The van der Waals surface area contributed by atoms with E-state index < -0.39 is 49.7 Å². The Morgan fingerprint density at radius 1 is 1.23 bits per heavy atom.